The molecule has 1 aromatic heterocycles. The lowest BCUT2D eigenvalue weighted by atomic mass is 10.1. The minimum Gasteiger partial charge on any atom is -0.490 e. The van der Waals surface area contributed by atoms with Crippen molar-refractivity contribution in [2.45, 2.75) is 40.3 Å². The van der Waals surface area contributed by atoms with Gasteiger partial charge in [-0.2, -0.15) is 5.10 Å². The number of nitrogens with zero attached hydrogens (tertiary/aromatic N) is 3. The fraction of sp³-hybridized carbons (Fsp3) is 0.474. The first-order valence-corrected chi connectivity index (χ1v) is 9.62. The number of hydrogen-bond acceptors (Lipinski definition) is 4. The number of likely N-dealkylation sites (N-methyl/N-ethyl adjacent to an activating group) is 1. The molecule has 1 heterocycles. The summed E-state index contributed by atoms with van der Waals surface area (Å²) in [5.74, 6) is 1.41. The summed E-state index contributed by atoms with van der Waals surface area (Å²) in [6.07, 6.45) is 2.07. The van der Waals surface area contributed by atoms with E-state index < -0.39 is 0 Å². The molecule has 0 aliphatic carbocycles. The van der Waals surface area contributed by atoms with Crippen LogP contribution in [0.25, 0.3) is 0 Å². The number of rotatable bonds is 9. The van der Waals surface area contributed by atoms with Gasteiger partial charge in [0.25, 0.3) is 0 Å². The van der Waals surface area contributed by atoms with Gasteiger partial charge in [-0.15, -0.1) is 0 Å². The maximum Gasteiger partial charge on any atom is 0.227 e. The van der Waals surface area contributed by atoms with Crippen LogP contribution in [-0.4, -0.2) is 40.8 Å². The minimum absolute atomic E-state index is 0.0346. The molecule has 0 N–H and O–H groups in total. The van der Waals surface area contributed by atoms with Gasteiger partial charge in [-0.05, 0) is 54.4 Å². The zero-order valence-electron chi connectivity index (χ0n) is 15.8. The molecule has 7 heteroatoms. The van der Waals surface area contributed by atoms with Crippen LogP contribution in [0.5, 0.6) is 11.5 Å². The highest BCUT2D eigenvalue weighted by atomic mass is 79.9. The molecular formula is C19H26BrN3O3. The predicted molar refractivity (Wildman–Crippen MR) is 105 cm³/mol. The number of carbonyl (C=O) groups excluding carboxylic acids is 1. The molecule has 0 atom stereocenters. The van der Waals surface area contributed by atoms with Gasteiger partial charge < -0.3 is 14.4 Å². The first-order chi connectivity index (χ1) is 12.5. The van der Waals surface area contributed by atoms with Gasteiger partial charge in [-0.3, -0.25) is 9.48 Å². The van der Waals surface area contributed by atoms with Gasteiger partial charge in [0.05, 0.1) is 42.5 Å². The Kier molecular flexibility index (Phi) is 7.50. The number of aryl methyl sites for hydroxylation is 1. The second-order valence-corrected chi connectivity index (χ2v) is 6.68. The Morgan fingerprint density at radius 3 is 2.54 bits per heavy atom. The first-order valence-electron chi connectivity index (χ1n) is 8.82. The Morgan fingerprint density at radius 1 is 1.19 bits per heavy atom. The Bertz CT molecular complexity index is 746. The fourth-order valence-electron chi connectivity index (χ4n) is 2.65. The maximum atomic E-state index is 12.6. The van der Waals surface area contributed by atoms with Gasteiger partial charge in [0.2, 0.25) is 5.91 Å². The summed E-state index contributed by atoms with van der Waals surface area (Å²) in [4.78, 5) is 14.4. The average Bonchev–Trinajstić information content (AvgIpc) is 2.97. The van der Waals surface area contributed by atoms with Crippen LogP contribution in [0.3, 0.4) is 0 Å². The van der Waals surface area contributed by atoms with Gasteiger partial charge in [-0.25, -0.2) is 0 Å². The SMILES string of the molecule is CCOc1ccc(CC(=O)N(C)Cc2c(Br)cnn2CC)cc1OCC. The van der Waals surface area contributed by atoms with Crippen molar-refractivity contribution in [3.63, 3.8) is 0 Å². The summed E-state index contributed by atoms with van der Waals surface area (Å²) < 4.78 is 14.0. The monoisotopic (exact) mass is 423 g/mol. The lowest BCUT2D eigenvalue weighted by Gasteiger charge is -2.19. The van der Waals surface area contributed by atoms with E-state index in [1.54, 1.807) is 18.1 Å². The number of aromatic nitrogens is 2. The lowest BCUT2D eigenvalue weighted by molar-refractivity contribution is -0.129. The van der Waals surface area contributed by atoms with Crippen LogP contribution < -0.4 is 9.47 Å². The van der Waals surface area contributed by atoms with Gasteiger partial charge in [-0.1, -0.05) is 6.07 Å². The Labute approximate surface area is 163 Å². The number of hydrogen-bond donors (Lipinski definition) is 0. The standard InChI is InChI=1S/C19H26BrN3O3/c1-5-23-16(15(20)12-21-23)13-22(4)19(24)11-14-8-9-17(25-6-2)18(10-14)26-7-3/h8-10,12H,5-7,11,13H2,1-4H3. The molecule has 142 valence electrons. The molecule has 2 aromatic rings. The van der Waals surface area contributed by atoms with Crippen molar-refractivity contribution in [3.05, 3.63) is 40.1 Å². The molecule has 0 aliphatic rings. The van der Waals surface area contributed by atoms with Crippen LogP contribution in [0.15, 0.2) is 28.9 Å². The molecule has 1 aromatic carbocycles. The van der Waals surface area contributed by atoms with E-state index in [2.05, 4.69) is 21.0 Å². The highest BCUT2D eigenvalue weighted by molar-refractivity contribution is 9.10. The van der Waals surface area contributed by atoms with E-state index in [4.69, 9.17) is 9.47 Å². The molecular weight excluding hydrogens is 398 g/mol. The molecule has 0 saturated heterocycles. The highest BCUT2D eigenvalue weighted by Crippen LogP contribution is 2.29. The topological polar surface area (TPSA) is 56.6 Å². The van der Waals surface area contributed by atoms with Crippen LogP contribution in [0, 0.1) is 0 Å². The van der Waals surface area contributed by atoms with Crippen LogP contribution >= 0.6 is 15.9 Å². The molecule has 0 radical (unpaired) electrons. The molecule has 0 saturated carbocycles. The van der Waals surface area contributed by atoms with Crippen LogP contribution in [0.4, 0.5) is 0 Å². The van der Waals surface area contributed by atoms with Gasteiger partial charge in [0, 0.05) is 13.6 Å². The number of amides is 1. The third-order valence-electron chi connectivity index (χ3n) is 3.97. The number of carbonyl (C=O) groups is 1. The minimum atomic E-state index is 0.0346. The summed E-state index contributed by atoms with van der Waals surface area (Å²) in [5, 5.41) is 4.29. The third kappa shape index (κ3) is 5.00. The van der Waals surface area contributed by atoms with E-state index in [-0.39, 0.29) is 5.91 Å². The second kappa shape index (κ2) is 9.62. The Morgan fingerprint density at radius 2 is 1.88 bits per heavy atom. The molecule has 0 fully saturated rings. The zero-order valence-corrected chi connectivity index (χ0v) is 17.4. The van der Waals surface area contributed by atoms with E-state index in [0.717, 1.165) is 22.3 Å². The quantitative estimate of drug-likeness (QED) is 0.617. The summed E-state index contributed by atoms with van der Waals surface area (Å²) in [7, 11) is 1.81. The molecule has 0 aliphatic heterocycles. The van der Waals surface area contributed by atoms with E-state index >= 15 is 0 Å². The fourth-order valence-corrected chi connectivity index (χ4v) is 3.07. The lowest BCUT2D eigenvalue weighted by Crippen LogP contribution is -2.29. The van der Waals surface area contributed by atoms with Gasteiger partial charge >= 0.3 is 0 Å². The zero-order chi connectivity index (χ0) is 19.1. The van der Waals surface area contributed by atoms with Crippen LogP contribution in [0.2, 0.25) is 0 Å². The largest absolute Gasteiger partial charge is 0.490 e. The first kappa shape index (κ1) is 20.3. The van der Waals surface area contributed by atoms with Crippen molar-refractivity contribution >= 4 is 21.8 Å². The Balaban J connectivity index is 2.08. The number of halogens is 1. The maximum absolute atomic E-state index is 12.6. The Hall–Kier alpha value is -2.02. The van der Waals surface area contributed by atoms with Crippen molar-refractivity contribution in [3.8, 4) is 11.5 Å². The van der Waals surface area contributed by atoms with Crippen molar-refractivity contribution in [2.75, 3.05) is 20.3 Å². The smallest absolute Gasteiger partial charge is 0.227 e. The van der Waals surface area contributed by atoms with Gasteiger partial charge in [0.1, 0.15) is 0 Å². The summed E-state index contributed by atoms with van der Waals surface area (Å²) in [5.41, 5.74) is 1.89. The van der Waals surface area contributed by atoms with E-state index in [0.29, 0.717) is 37.7 Å². The molecule has 26 heavy (non-hydrogen) atoms. The molecule has 0 bridgehead atoms. The third-order valence-corrected chi connectivity index (χ3v) is 4.64. The molecule has 2 rings (SSSR count). The van der Waals surface area contributed by atoms with Crippen LogP contribution in [0.1, 0.15) is 32.0 Å². The van der Waals surface area contributed by atoms with Crippen molar-refractivity contribution in [2.24, 2.45) is 0 Å². The van der Waals surface area contributed by atoms with E-state index in [1.165, 1.54) is 0 Å². The van der Waals surface area contributed by atoms with Crippen LogP contribution in [-0.2, 0) is 24.3 Å². The highest BCUT2D eigenvalue weighted by Gasteiger charge is 2.16. The molecule has 0 unspecified atom stereocenters. The summed E-state index contributed by atoms with van der Waals surface area (Å²) in [6.45, 7) is 8.27. The number of benzene rings is 1. The molecule has 0 spiro atoms. The summed E-state index contributed by atoms with van der Waals surface area (Å²) >= 11 is 3.50. The predicted octanol–water partition coefficient (Wildman–Crippen LogP) is 3.66. The second-order valence-electron chi connectivity index (χ2n) is 5.83. The van der Waals surface area contributed by atoms with E-state index in [1.807, 2.05) is 43.7 Å². The van der Waals surface area contributed by atoms with Crippen molar-refractivity contribution in [1.82, 2.24) is 14.7 Å². The summed E-state index contributed by atoms with van der Waals surface area (Å²) in [6, 6.07) is 5.65. The molecule has 6 nitrogen and oxygen atoms in total. The van der Waals surface area contributed by atoms with Crippen molar-refractivity contribution < 1.29 is 14.3 Å². The van der Waals surface area contributed by atoms with Crippen molar-refractivity contribution in [1.29, 1.82) is 0 Å². The average molecular weight is 424 g/mol. The normalized spacial score (nSPS) is 10.7. The van der Waals surface area contributed by atoms with Gasteiger partial charge in [0.15, 0.2) is 11.5 Å². The molecule has 1 amide bonds. The van der Waals surface area contributed by atoms with E-state index in [9.17, 15) is 4.79 Å². The number of ether oxygens (including phenoxy) is 2.